The summed E-state index contributed by atoms with van der Waals surface area (Å²) in [5.41, 5.74) is 2.69. The number of anilines is 1. The van der Waals surface area contributed by atoms with Crippen LogP contribution in [0.15, 0.2) is 18.2 Å². The largest absolute Gasteiger partial charge is 0.368 e. The summed E-state index contributed by atoms with van der Waals surface area (Å²) in [6.07, 6.45) is 2.72. The molecule has 0 spiro atoms. The molecule has 4 heteroatoms. The highest BCUT2D eigenvalue weighted by Crippen LogP contribution is 2.29. The summed E-state index contributed by atoms with van der Waals surface area (Å²) in [4.78, 5) is 5.20. The van der Waals surface area contributed by atoms with Gasteiger partial charge in [0, 0.05) is 42.9 Å². The van der Waals surface area contributed by atoms with Crippen LogP contribution in [0.5, 0.6) is 0 Å². The van der Waals surface area contributed by atoms with Crippen molar-refractivity contribution in [3.05, 3.63) is 28.8 Å². The van der Waals surface area contributed by atoms with Crippen LogP contribution in [-0.2, 0) is 6.54 Å². The van der Waals surface area contributed by atoms with Crippen molar-refractivity contribution in [2.75, 3.05) is 37.6 Å². The van der Waals surface area contributed by atoms with Crippen molar-refractivity contribution in [3.8, 4) is 0 Å². The quantitative estimate of drug-likeness (QED) is 0.921. The molecule has 0 amide bonds. The second-order valence-electron chi connectivity index (χ2n) is 5.83. The Morgan fingerprint density at radius 2 is 2.20 bits per heavy atom. The van der Waals surface area contributed by atoms with Crippen LogP contribution < -0.4 is 10.2 Å². The highest BCUT2D eigenvalue weighted by molar-refractivity contribution is 6.30. The second kappa shape index (κ2) is 6.33. The number of hydrogen-bond acceptors (Lipinski definition) is 3. The highest BCUT2D eigenvalue weighted by atomic mass is 35.5. The topological polar surface area (TPSA) is 18.5 Å². The van der Waals surface area contributed by atoms with Crippen LogP contribution in [0.2, 0.25) is 5.02 Å². The van der Waals surface area contributed by atoms with Gasteiger partial charge in [-0.05, 0) is 49.7 Å². The maximum atomic E-state index is 6.17. The molecule has 1 aromatic rings. The van der Waals surface area contributed by atoms with Crippen molar-refractivity contribution in [3.63, 3.8) is 0 Å². The average Bonchev–Trinajstić information content (AvgIpc) is 2.92. The molecule has 1 unspecified atom stereocenters. The summed E-state index contributed by atoms with van der Waals surface area (Å²) < 4.78 is 0. The molecular weight excluding hydrogens is 270 g/mol. The zero-order chi connectivity index (χ0) is 13.9. The molecule has 3 nitrogen and oxygen atoms in total. The van der Waals surface area contributed by atoms with E-state index in [1.165, 1.54) is 43.7 Å². The molecule has 2 fully saturated rings. The molecule has 0 saturated carbocycles. The summed E-state index contributed by atoms with van der Waals surface area (Å²) in [6.45, 7) is 8.83. The van der Waals surface area contributed by atoms with Crippen molar-refractivity contribution in [1.29, 1.82) is 0 Å². The molecule has 2 heterocycles. The molecular formula is C16H24ClN3. The molecule has 1 aromatic carbocycles. The van der Waals surface area contributed by atoms with Gasteiger partial charge in [0.15, 0.2) is 0 Å². The number of halogens is 1. The van der Waals surface area contributed by atoms with Crippen LogP contribution in [0.25, 0.3) is 0 Å². The van der Waals surface area contributed by atoms with E-state index in [1.807, 2.05) is 6.07 Å². The molecule has 2 aliphatic rings. The van der Waals surface area contributed by atoms with E-state index < -0.39 is 0 Å². The third-order valence-electron chi connectivity index (χ3n) is 4.54. The maximum absolute atomic E-state index is 6.17. The first kappa shape index (κ1) is 14.2. The Morgan fingerprint density at radius 3 is 3.05 bits per heavy atom. The maximum Gasteiger partial charge on any atom is 0.0413 e. The van der Waals surface area contributed by atoms with E-state index in [0.29, 0.717) is 0 Å². The molecule has 3 rings (SSSR count). The van der Waals surface area contributed by atoms with Crippen LogP contribution in [0, 0.1) is 0 Å². The first-order chi connectivity index (χ1) is 9.78. The monoisotopic (exact) mass is 293 g/mol. The van der Waals surface area contributed by atoms with Crippen molar-refractivity contribution < 1.29 is 0 Å². The predicted molar refractivity (Wildman–Crippen MR) is 85.6 cm³/mol. The van der Waals surface area contributed by atoms with E-state index in [1.54, 1.807) is 0 Å². The van der Waals surface area contributed by atoms with Crippen molar-refractivity contribution in [2.45, 2.75) is 32.4 Å². The number of rotatable bonds is 4. The summed E-state index contributed by atoms with van der Waals surface area (Å²) in [5, 5.41) is 4.26. The predicted octanol–water partition coefficient (Wildman–Crippen LogP) is 2.73. The Morgan fingerprint density at radius 1 is 1.30 bits per heavy atom. The van der Waals surface area contributed by atoms with Crippen LogP contribution >= 0.6 is 11.6 Å². The van der Waals surface area contributed by atoms with Gasteiger partial charge in [0.05, 0.1) is 0 Å². The number of nitrogens with zero attached hydrogens (tertiary/aromatic N) is 2. The third kappa shape index (κ3) is 2.95. The van der Waals surface area contributed by atoms with Gasteiger partial charge in [0.25, 0.3) is 0 Å². The molecule has 0 aliphatic carbocycles. The summed E-state index contributed by atoms with van der Waals surface area (Å²) in [5.74, 6) is 0. The smallest absolute Gasteiger partial charge is 0.0413 e. The molecule has 2 aliphatic heterocycles. The van der Waals surface area contributed by atoms with E-state index in [9.17, 15) is 0 Å². The normalized spacial score (nSPS) is 23.1. The molecule has 20 heavy (non-hydrogen) atoms. The van der Waals surface area contributed by atoms with Crippen LogP contribution in [0.3, 0.4) is 0 Å². The Balaban J connectivity index is 1.78. The molecule has 110 valence electrons. The van der Waals surface area contributed by atoms with E-state index in [-0.39, 0.29) is 0 Å². The van der Waals surface area contributed by atoms with Gasteiger partial charge in [0.1, 0.15) is 0 Å². The minimum Gasteiger partial charge on any atom is -0.368 e. The van der Waals surface area contributed by atoms with Gasteiger partial charge in [-0.2, -0.15) is 0 Å². The SMILES string of the molecule is CCNCc1cc(Cl)ccc1N1CCN2CCCC2C1. The van der Waals surface area contributed by atoms with Crippen LogP contribution in [0.4, 0.5) is 5.69 Å². The number of hydrogen-bond donors (Lipinski definition) is 1. The zero-order valence-electron chi connectivity index (χ0n) is 12.2. The minimum atomic E-state index is 0.756. The Hall–Kier alpha value is -0.770. The summed E-state index contributed by atoms with van der Waals surface area (Å²) in [6, 6.07) is 7.08. The molecule has 0 aromatic heterocycles. The lowest BCUT2D eigenvalue weighted by molar-refractivity contribution is 0.231. The lowest BCUT2D eigenvalue weighted by Gasteiger charge is -2.39. The minimum absolute atomic E-state index is 0.756. The number of fused-ring (bicyclic) bond motifs is 1. The van der Waals surface area contributed by atoms with Gasteiger partial charge >= 0.3 is 0 Å². The third-order valence-corrected chi connectivity index (χ3v) is 4.77. The van der Waals surface area contributed by atoms with Gasteiger partial charge in [0.2, 0.25) is 0 Å². The average molecular weight is 294 g/mol. The van der Waals surface area contributed by atoms with Crippen LogP contribution in [-0.4, -0.2) is 43.7 Å². The fourth-order valence-electron chi connectivity index (χ4n) is 3.47. The second-order valence-corrected chi connectivity index (χ2v) is 6.27. The van der Waals surface area contributed by atoms with Gasteiger partial charge in [-0.25, -0.2) is 0 Å². The van der Waals surface area contributed by atoms with Crippen molar-refractivity contribution >= 4 is 17.3 Å². The first-order valence-corrected chi connectivity index (χ1v) is 8.14. The van der Waals surface area contributed by atoms with Crippen LogP contribution in [0.1, 0.15) is 25.3 Å². The Bertz CT molecular complexity index is 463. The fraction of sp³-hybridized carbons (Fsp3) is 0.625. The van der Waals surface area contributed by atoms with Gasteiger partial charge < -0.3 is 10.2 Å². The highest BCUT2D eigenvalue weighted by Gasteiger charge is 2.31. The first-order valence-electron chi connectivity index (χ1n) is 7.76. The van der Waals surface area contributed by atoms with Gasteiger partial charge in [-0.1, -0.05) is 18.5 Å². The van der Waals surface area contributed by atoms with E-state index in [2.05, 4.69) is 34.2 Å². The lowest BCUT2D eigenvalue weighted by atomic mass is 10.1. The molecule has 0 radical (unpaired) electrons. The Kier molecular flexibility index (Phi) is 4.49. The zero-order valence-corrected chi connectivity index (χ0v) is 13.0. The number of nitrogens with one attached hydrogen (secondary N) is 1. The van der Waals surface area contributed by atoms with E-state index >= 15 is 0 Å². The van der Waals surface area contributed by atoms with Crippen molar-refractivity contribution in [1.82, 2.24) is 10.2 Å². The Labute approximate surface area is 126 Å². The standard InChI is InChI=1S/C16H24ClN3/c1-2-18-11-13-10-14(17)5-6-16(13)20-9-8-19-7-3-4-15(19)12-20/h5-6,10,15,18H,2-4,7-9,11-12H2,1H3. The number of piperazine rings is 1. The number of benzene rings is 1. The molecule has 1 atom stereocenters. The molecule has 2 saturated heterocycles. The lowest BCUT2D eigenvalue weighted by Crippen LogP contribution is -2.50. The van der Waals surface area contributed by atoms with E-state index in [4.69, 9.17) is 11.6 Å². The van der Waals surface area contributed by atoms with Crippen molar-refractivity contribution in [2.24, 2.45) is 0 Å². The fourth-order valence-corrected chi connectivity index (χ4v) is 3.67. The summed E-state index contributed by atoms with van der Waals surface area (Å²) >= 11 is 6.17. The summed E-state index contributed by atoms with van der Waals surface area (Å²) in [7, 11) is 0. The van der Waals surface area contributed by atoms with E-state index in [0.717, 1.165) is 30.7 Å². The van der Waals surface area contributed by atoms with Gasteiger partial charge in [-0.15, -0.1) is 0 Å². The molecule has 1 N–H and O–H groups in total. The molecule has 0 bridgehead atoms. The van der Waals surface area contributed by atoms with Gasteiger partial charge in [-0.3, -0.25) is 4.90 Å².